The van der Waals surface area contributed by atoms with Crippen molar-refractivity contribution in [3.05, 3.63) is 0 Å². The Hall–Kier alpha value is -1.06. The standard InChI is InChI=1S/C6H12O2.CH2O2/c1-3-5-8-6(7)4-2;2-1-3/h3-5H2,1-2H3;1H,(H,2,3). The van der Waals surface area contributed by atoms with E-state index in [0.29, 0.717) is 13.0 Å². The highest BCUT2D eigenvalue weighted by atomic mass is 16.5. The number of carbonyl (C=O) groups is 2. The minimum Gasteiger partial charge on any atom is -0.483 e. The van der Waals surface area contributed by atoms with E-state index in [4.69, 9.17) is 14.6 Å². The molecule has 0 amide bonds. The fraction of sp³-hybridized carbons (Fsp3) is 0.714. The molecule has 0 spiro atoms. The fourth-order valence-electron chi connectivity index (χ4n) is 0.318. The lowest BCUT2D eigenvalue weighted by molar-refractivity contribution is -0.143. The van der Waals surface area contributed by atoms with E-state index in [1.807, 2.05) is 6.92 Å². The molecule has 0 rings (SSSR count). The molecule has 0 aromatic carbocycles. The number of rotatable bonds is 3. The highest BCUT2D eigenvalue weighted by molar-refractivity contribution is 5.68. The van der Waals surface area contributed by atoms with Gasteiger partial charge in [-0.2, -0.15) is 0 Å². The second kappa shape index (κ2) is 11.7. The summed E-state index contributed by atoms with van der Waals surface area (Å²) in [6, 6.07) is 0. The molecule has 0 aromatic rings. The van der Waals surface area contributed by atoms with Crippen LogP contribution in [0, 0.1) is 0 Å². The average molecular weight is 162 g/mol. The zero-order valence-corrected chi connectivity index (χ0v) is 6.87. The summed E-state index contributed by atoms with van der Waals surface area (Å²) in [6.07, 6.45) is 1.39. The van der Waals surface area contributed by atoms with E-state index >= 15 is 0 Å². The third-order valence-corrected chi connectivity index (χ3v) is 0.756. The minimum atomic E-state index is -0.250. The molecule has 0 atom stereocenters. The highest BCUT2D eigenvalue weighted by Crippen LogP contribution is 1.85. The lowest BCUT2D eigenvalue weighted by Gasteiger charge is -1.97. The molecule has 0 unspecified atom stereocenters. The van der Waals surface area contributed by atoms with Crippen LogP contribution in [0.5, 0.6) is 0 Å². The van der Waals surface area contributed by atoms with E-state index < -0.39 is 0 Å². The van der Waals surface area contributed by atoms with Crippen LogP contribution in [0.25, 0.3) is 0 Å². The zero-order chi connectivity index (χ0) is 9.11. The van der Waals surface area contributed by atoms with Gasteiger partial charge in [-0.05, 0) is 6.42 Å². The lowest BCUT2D eigenvalue weighted by atomic mass is 10.5. The molecule has 4 nitrogen and oxygen atoms in total. The van der Waals surface area contributed by atoms with E-state index in [1.54, 1.807) is 6.92 Å². The SMILES string of the molecule is CCCOC(=O)CC.O=CO. The van der Waals surface area contributed by atoms with Gasteiger partial charge < -0.3 is 9.84 Å². The van der Waals surface area contributed by atoms with E-state index in [9.17, 15) is 4.79 Å². The molecule has 0 aliphatic carbocycles. The molecule has 0 aliphatic heterocycles. The topological polar surface area (TPSA) is 63.6 Å². The predicted octanol–water partition coefficient (Wildman–Crippen LogP) is 1.05. The first-order valence-electron chi connectivity index (χ1n) is 3.46. The summed E-state index contributed by atoms with van der Waals surface area (Å²) >= 11 is 0. The van der Waals surface area contributed by atoms with Gasteiger partial charge in [-0.25, -0.2) is 0 Å². The average Bonchev–Trinajstić information content (AvgIpc) is 2.02. The number of hydrogen-bond donors (Lipinski definition) is 1. The van der Waals surface area contributed by atoms with Crippen molar-refractivity contribution in [2.75, 3.05) is 6.61 Å². The van der Waals surface area contributed by atoms with Gasteiger partial charge in [0.05, 0.1) is 6.61 Å². The lowest BCUT2D eigenvalue weighted by Crippen LogP contribution is -2.02. The van der Waals surface area contributed by atoms with Crippen molar-refractivity contribution in [1.82, 2.24) is 0 Å². The summed E-state index contributed by atoms with van der Waals surface area (Å²) in [5.74, 6) is -0.105. The van der Waals surface area contributed by atoms with Crippen molar-refractivity contribution in [1.29, 1.82) is 0 Å². The Morgan fingerprint density at radius 2 is 2.00 bits per heavy atom. The summed E-state index contributed by atoms with van der Waals surface area (Å²) in [5.41, 5.74) is 0. The van der Waals surface area contributed by atoms with E-state index in [1.165, 1.54) is 0 Å². The van der Waals surface area contributed by atoms with Crippen LogP contribution >= 0.6 is 0 Å². The summed E-state index contributed by atoms with van der Waals surface area (Å²) in [4.78, 5) is 18.7. The number of hydrogen-bond acceptors (Lipinski definition) is 3. The van der Waals surface area contributed by atoms with Crippen LogP contribution in [0.4, 0.5) is 0 Å². The van der Waals surface area contributed by atoms with Crippen molar-refractivity contribution in [3.8, 4) is 0 Å². The second-order valence-corrected chi connectivity index (χ2v) is 1.68. The molecule has 0 bridgehead atoms. The molecule has 0 saturated carbocycles. The first kappa shape index (κ1) is 12.6. The Balaban J connectivity index is 0. The Morgan fingerprint density at radius 3 is 2.27 bits per heavy atom. The molecule has 0 aliphatic rings. The Morgan fingerprint density at radius 1 is 1.55 bits per heavy atom. The second-order valence-electron chi connectivity index (χ2n) is 1.68. The van der Waals surface area contributed by atoms with Crippen LogP contribution in [0.2, 0.25) is 0 Å². The molecule has 66 valence electrons. The monoisotopic (exact) mass is 162 g/mol. The number of ether oxygens (including phenoxy) is 1. The Labute approximate surface area is 66.2 Å². The Bertz CT molecular complexity index is 101. The normalized spacial score (nSPS) is 7.45. The van der Waals surface area contributed by atoms with Gasteiger partial charge in [0, 0.05) is 6.42 Å². The minimum absolute atomic E-state index is 0.105. The van der Waals surface area contributed by atoms with Gasteiger partial charge >= 0.3 is 5.97 Å². The van der Waals surface area contributed by atoms with Gasteiger partial charge in [0.1, 0.15) is 0 Å². The van der Waals surface area contributed by atoms with E-state index in [-0.39, 0.29) is 12.4 Å². The van der Waals surface area contributed by atoms with Crippen LogP contribution in [-0.4, -0.2) is 24.2 Å². The molecular formula is C7H14O4. The molecule has 1 N–H and O–H groups in total. The number of esters is 1. The van der Waals surface area contributed by atoms with Gasteiger partial charge in [0.2, 0.25) is 0 Å². The van der Waals surface area contributed by atoms with Crippen molar-refractivity contribution in [2.24, 2.45) is 0 Å². The van der Waals surface area contributed by atoms with Crippen molar-refractivity contribution >= 4 is 12.4 Å². The smallest absolute Gasteiger partial charge is 0.305 e. The molecule has 0 radical (unpaired) electrons. The van der Waals surface area contributed by atoms with Crippen LogP contribution in [-0.2, 0) is 14.3 Å². The van der Waals surface area contributed by atoms with E-state index in [2.05, 4.69) is 0 Å². The summed E-state index contributed by atoms with van der Waals surface area (Å²) < 4.78 is 4.70. The Kier molecular flexibility index (Phi) is 13.4. The number of carbonyl (C=O) groups excluding carboxylic acids is 1. The molecule has 0 heterocycles. The molecule has 11 heavy (non-hydrogen) atoms. The maximum Gasteiger partial charge on any atom is 0.305 e. The van der Waals surface area contributed by atoms with Crippen LogP contribution in [0.15, 0.2) is 0 Å². The maximum absolute atomic E-state index is 10.3. The fourth-order valence-corrected chi connectivity index (χ4v) is 0.318. The van der Waals surface area contributed by atoms with Crippen molar-refractivity contribution in [2.45, 2.75) is 26.7 Å². The maximum atomic E-state index is 10.3. The summed E-state index contributed by atoms with van der Waals surface area (Å²) in [5, 5.41) is 6.89. The molecular weight excluding hydrogens is 148 g/mol. The van der Waals surface area contributed by atoms with Crippen molar-refractivity contribution < 1.29 is 19.4 Å². The number of carboxylic acid groups (broad SMARTS) is 1. The van der Waals surface area contributed by atoms with Gasteiger partial charge in [0.25, 0.3) is 6.47 Å². The molecule has 4 heteroatoms. The summed E-state index contributed by atoms with van der Waals surface area (Å²) in [7, 11) is 0. The van der Waals surface area contributed by atoms with Crippen LogP contribution in [0.1, 0.15) is 26.7 Å². The third kappa shape index (κ3) is 17.6. The van der Waals surface area contributed by atoms with Gasteiger partial charge in [-0.1, -0.05) is 13.8 Å². The largest absolute Gasteiger partial charge is 0.483 e. The summed E-state index contributed by atoms with van der Waals surface area (Å²) in [6.45, 7) is 4.08. The molecule has 0 aromatic heterocycles. The first-order valence-corrected chi connectivity index (χ1v) is 3.46. The zero-order valence-electron chi connectivity index (χ0n) is 6.87. The third-order valence-electron chi connectivity index (χ3n) is 0.756. The first-order chi connectivity index (χ1) is 5.22. The van der Waals surface area contributed by atoms with Crippen LogP contribution < -0.4 is 0 Å². The quantitative estimate of drug-likeness (QED) is 0.497. The van der Waals surface area contributed by atoms with Gasteiger partial charge in [-0.15, -0.1) is 0 Å². The van der Waals surface area contributed by atoms with Crippen LogP contribution in [0.3, 0.4) is 0 Å². The highest BCUT2D eigenvalue weighted by Gasteiger charge is 1.93. The van der Waals surface area contributed by atoms with Gasteiger partial charge in [0.15, 0.2) is 0 Å². The predicted molar refractivity (Wildman–Crippen MR) is 40.2 cm³/mol. The van der Waals surface area contributed by atoms with Gasteiger partial charge in [-0.3, -0.25) is 9.59 Å². The molecule has 0 saturated heterocycles. The molecule has 0 fully saturated rings. The van der Waals surface area contributed by atoms with Crippen molar-refractivity contribution in [3.63, 3.8) is 0 Å². The van der Waals surface area contributed by atoms with E-state index in [0.717, 1.165) is 6.42 Å².